The number of aliphatic hydroxyl groups excluding tert-OH is 1. The average molecular weight is 270 g/mol. The summed E-state index contributed by atoms with van der Waals surface area (Å²) >= 11 is 11.8. The van der Waals surface area contributed by atoms with Crippen molar-refractivity contribution in [2.45, 2.75) is 6.61 Å². The maximum absolute atomic E-state index is 9.14. The highest BCUT2D eigenvalue weighted by Gasteiger charge is 2.07. The molecule has 0 unspecified atom stereocenters. The molecule has 17 heavy (non-hydrogen) atoms. The number of aliphatic hydroxyl groups is 1. The number of nitrogens with zero attached hydrogens (tertiary/aromatic N) is 1. The number of benzene rings is 1. The predicted octanol–water partition coefficient (Wildman–Crippen LogP) is 3.67. The van der Waals surface area contributed by atoms with Crippen molar-refractivity contribution in [3.63, 3.8) is 0 Å². The molecule has 0 fully saturated rings. The van der Waals surface area contributed by atoms with E-state index in [2.05, 4.69) is 4.98 Å². The molecular weight excluding hydrogens is 261 g/mol. The first-order valence-electron chi connectivity index (χ1n) is 4.87. The summed E-state index contributed by atoms with van der Waals surface area (Å²) in [4.78, 5) is 3.90. The second-order valence-electron chi connectivity index (χ2n) is 3.32. The number of rotatable bonds is 3. The zero-order valence-corrected chi connectivity index (χ0v) is 10.2. The summed E-state index contributed by atoms with van der Waals surface area (Å²) in [6.45, 7) is -0.144. The summed E-state index contributed by atoms with van der Waals surface area (Å²) in [6.07, 6.45) is 3.12. The van der Waals surface area contributed by atoms with Crippen molar-refractivity contribution in [2.75, 3.05) is 0 Å². The van der Waals surface area contributed by atoms with E-state index in [1.807, 2.05) is 0 Å². The Balaban J connectivity index is 2.31. The van der Waals surface area contributed by atoms with Gasteiger partial charge in [-0.25, -0.2) is 0 Å². The van der Waals surface area contributed by atoms with E-state index in [4.69, 9.17) is 33.0 Å². The van der Waals surface area contributed by atoms with Crippen molar-refractivity contribution in [1.29, 1.82) is 0 Å². The molecule has 2 aromatic rings. The van der Waals surface area contributed by atoms with E-state index < -0.39 is 0 Å². The first kappa shape index (κ1) is 12.2. The molecule has 0 bridgehead atoms. The van der Waals surface area contributed by atoms with Gasteiger partial charge in [0.05, 0.1) is 11.6 Å². The minimum atomic E-state index is -0.144. The van der Waals surface area contributed by atoms with E-state index in [9.17, 15) is 0 Å². The SMILES string of the molecule is OCc1cnccc1Oc1ccc(Cl)cc1Cl. The molecule has 0 amide bonds. The number of aromatic nitrogens is 1. The average Bonchev–Trinajstić information content (AvgIpc) is 2.33. The molecule has 0 aliphatic carbocycles. The molecule has 0 saturated carbocycles. The summed E-state index contributed by atoms with van der Waals surface area (Å²) in [5.41, 5.74) is 0.596. The van der Waals surface area contributed by atoms with Gasteiger partial charge in [-0.05, 0) is 24.3 Å². The largest absolute Gasteiger partial charge is 0.455 e. The molecule has 0 aliphatic rings. The minimum Gasteiger partial charge on any atom is -0.455 e. The summed E-state index contributed by atoms with van der Waals surface area (Å²) in [5.74, 6) is 1.00. The number of hydrogen-bond acceptors (Lipinski definition) is 3. The van der Waals surface area contributed by atoms with Gasteiger partial charge in [-0.3, -0.25) is 4.98 Å². The van der Waals surface area contributed by atoms with Gasteiger partial charge in [-0.1, -0.05) is 23.2 Å². The van der Waals surface area contributed by atoms with Gasteiger partial charge in [-0.15, -0.1) is 0 Å². The highest BCUT2D eigenvalue weighted by molar-refractivity contribution is 6.35. The topological polar surface area (TPSA) is 42.4 Å². The quantitative estimate of drug-likeness (QED) is 0.925. The van der Waals surface area contributed by atoms with Crippen LogP contribution in [0.1, 0.15) is 5.56 Å². The Morgan fingerprint density at radius 3 is 2.71 bits per heavy atom. The molecule has 1 heterocycles. The first-order valence-corrected chi connectivity index (χ1v) is 5.63. The van der Waals surface area contributed by atoms with Gasteiger partial charge in [0, 0.05) is 23.0 Å². The number of hydrogen-bond donors (Lipinski definition) is 1. The van der Waals surface area contributed by atoms with Crippen LogP contribution < -0.4 is 4.74 Å². The van der Waals surface area contributed by atoms with E-state index in [0.29, 0.717) is 27.1 Å². The van der Waals surface area contributed by atoms with Crippen LogP contribution in [0.25, 0.3) is 0 Å². The normalized spacial score (nSPS) is 10.3. The van der Waals surface area contributed by atoms with Crippen molar-refractivity contribution in [1.82, 2.24) is 4.98 Å². The van der Waals surface area contributed by atoms with Gasteiger partial charge in [0.2, 0.25) is 0 Å². The van der Waals surface area contributed by atoms with Crippen LogP contribution in [0.2, 0.25) is 10.0 Å². The molecule has 0 aliphatic heterocycles. The van der Waals surface area contributed by atoms with Crippen LogP contribution in [-0.4, -0.2) is 10.1 Å². The molecule has 0 saturated heterocycles. The molecule has 1 aromatic heterocycles. The summed E-state index contributed by atoms with van der Waals surface area (Å²) in [7, 11) is 0. The Bertz CT molecular complexity index is 532. The summed E-state index contributed by atoms with van der Waals surface area (Å²) in [5, 5.41) is 10.1. The lowest BCUT2D eigenvalue weighted by Crippen LogP contribution is -1.93. The number of ether oxygens (including phenoxy) is 1. The van der Waals surface area contributed by atoms with Gasteiger partial charge in [0.15, 0.2) is 0 Å². The molecule has 0 spiro atoms. The maximum atomic E-state index is 9.14. The second-order valence-corrected chi connectivity index (χ2v) is 4.16. The number of halogens is 2. The highest BCUT2D eigenvalue weighted by atomic mass is 35.5. The Labute approximate surface area is 109 Å². The highest BCUT2D eigenvalue weighted by Crippen LogP contribution is 2.32. The van der Waals surface area contributed by atoms with Crippen molar-refractivity contribution in [3.8, 4) is 11.5 Å². The predicted molar refractivity (Wildman–Crippen MR) is 66.7 cm³/mol. The fourth-order valence-corrected chi connectivity index (χ4v) is 1.76. The fourth-order valence-electron chi connectivity index (χ4n) is 1.31. The van der Waals surface area contributed by atoms with Crippen LogP contribution >= 0.6 is 23.2 Å². The zero-order chi connectivity index (χ0) is 12.3. The van der Waals surface area contributed by atoms with Crippen LogP contribution in [-0.2, 0) is 6.61 Å². The van der Waals surface area contributed by atoms with Crippen molar-refractivity contribution < 1.29 is 9.84 Å². The number of pyridine rings is 1. The van der Waals surface area contributed by atoms with Crippen LogP contribution in [0, 0.1) is 0 Å². The Hall–Kier alpha value is -1.29. The zero-order valence-electron chi connectivity index (χ0n) is 8.73. The van der Waals surface area contributed by atoms with Gasteiger partial charge < -0.3 is 9.84 Å². The Morgan fingerprint density at radius 2 is 2.00 bits per heavy atom. The molecule has 0 radical (unpaired) electrons. The van der Waals surface area contributed by atoms with Crippen molar-refractivity contribution >= 4 is 23.2 Å². The Kier molecular flexibility index (Phi) is 3.84. The third kappa shape index (κ3) is 2.88. The van der Waals surface area contributed by atoms with Gasteiger partial charge in [0.25, 0.3) is 0 Å². The van der Waals surface area contributed by atoms with Crippen LogP contribution in [0.5, 0.6) is 11.5 Å². The monoisotopic (exact) mass is 269 g/mol. The lowest BCUT2D eigenvalue weighted by molar-refractivity contribution is 0.276. The van der Waals surface area contributed by atoms with E-state index in [1.165, 1.54) is 0 Å². The van der Waals surface area contributed by atoms with Crippen molar-refractivity contribution in [3.05, 3.63) is 52.3 Å². The molecule has 1 aromatic carbocycles. The lowest BCUT2D eigenvalue weighted by atomic mass is 10.2. The van der Waals surface area contributed by atoms with E-state index >= 15 is 0 Å². The molecule has 5 heteroatoms. The van der Waals surface area contributed by atoms with Gasteiger partial charge >= 0.3 is 0 Å². The van der Waals surface area contributed by atoms with Gasteiger partial charge in [-0.2, -0.15) is 0 Å². The molecule has 1 N–H and O–H groups in total. The lowest BCUT2D eigenvalue weighted by Gasteiger charge is -2.10. The van der Waals surface area contributed by atoms with E-state index in [-0.39, 0.29) is 6.61 Å². The maximum Gasteiger partial charge on any atom is 0.146 e. The minimum absolute atomic E-state index is 0.144. The third-order valence-electron chi connectivity index (χ3n) is 2.14. The molecular formula is C12H9Cl2NO2. The van der Waals surface area contributed by atoms with Crippen LogP contribution in [0.4, 0.5) is 0 Å². The Morgan fingerprint density at radius 1 is 1.18 bits per heavy atom. The molecule has 88 valence electrons. The van der Waals surface area contributed by atoms with Crippen molar-refractivity contribution in [2.24, 2.45) is 0 Å². The first-order chi connectivity index (χ1) is 8.20. The van der Waals surface area contributed by atoms with Crippen LogP contribution in [0.3, 0.4) is 0 Å². The standard InChI is InChI=1S/C12H9Cl2NO2/c13-9-1-2-12(10(14)5-9)17-11-3-4-15-6-8(11)7-16/h1-6,16H,7H2. The summed E-state index contributed by atoms with van der Waals surface area (Å²) in [6, 6.07) is 6.61. The van der Waals surface area contributed by atoms with E-state index in [1.54, 1.807) is 36.7 Å². The van der Waals surface area contributed by atoms with Gasteiger partial charge in [0.1, 0.15) is 11.5 Å². The van der Waals surface area contributed by atoms with E-state index in [0.717, 1.165) is 0 Å². The fraction of sp³-hybridized carbons (Fsp3) is 0.0833. The second kappa shape index (κ2) is 5.36. The smallest absolute Gasteiger partial charge is 0.146 e. The molecule has 2 rings (SSSR count). The van der Waals surface area contributed by atoms with Crippen LogP contribution in [0.15, 0.2) is 36.7 Å². The molecule has 3 nitrogen and oxygen atoms in total. The third-order valence-corrected chi connectivity index (χ3v) is 2.67. The molecule has 0 atom stereocenters. The summed E-state index contributed by atoms with van der Waals surface area (Å²) < 4.78 is 5.60.